The number of nitrogens with one attached hydrogen (secondary N) is 1. The van der Waals surface area contributed by atoms with Crippen molar-refractivity contribution >= 4 is 28.5 Å². The van der Waals surface area contributed by atoms with Gasteiger partial charge in [-0.2, -0.15) is 0 Å². The largest absolute Gasteiger partial charge is 0.353 e. The van der Waals surface area contributed by atoms with Crippen molar-refractivity contribution in [1.29, 1.82) is 0 Å². The van der Waals surface area contributed by atoms with Gasteiger partial charge in [0.2, 0.25) is 11.8 Å². The fourth-order valence-corrected chi connectivity index (χ4v) is 3.58. The van der Waals surface area contributed by atoms with E-state index in [-0.39, 0.29) is 17.7 Å². The van der Waals surface area contributed by atoms with Gasteiger partial charge in [-0.1, -0.05) is 43.0 Å². The monoisotopic (exact) mass is 393 g/mol. The van der Waals surface area contributed by atoms with Crippen LogP contribution in [0.3, 0.4) is 0 Å². The number of benzene rings is 2. The number of piperazine rings is 1. The van der Waals surface area contributed by atoms with Gasteiger partial charge in [-0.3, -0.25) is 14.4 Å². The minimum atomic E-state index is -0.191. The molecule has 6 nitrogen and oxygen atoms in total. The van der Waals surface area contributed by atoms with Crippen molar-refractivity contribution < 1.29 is 14.4 Å². The van der Waals surface area contributed by atoms with E-state index in [4.69, 9.17) is 0 Å². The van der Waals surface area contributed by atoms with Gasteiger partial charge in [-0.25, -0.2) is 0 Å². The molecule has 29 heavy (non-hydrogen) atoms. The van der Waals surface area contributed by atoms with Gasteiger partial charge >= 0.3 is 0 Å². The van der Waals surface area contributed by atoms with Crippen LogP contribution in [0.25, 0.3) is 10.8 Å². The zero-order valence-corrected chi connectivity index (χ0v) is 16.6. The molecule has 0 aromatic heterocycles. The minimum absolute atomic E-state index is 0.0202. The predicted molar refractivity (Wildman–Crippen MR) is 113 cm³/mol. The standard InChI is InChI=1S/C23H27N3O3/c1-2-21(27)24-13-6-5-12-22(28)25-14-16-26(17-15-25)23(29)20-11-7-9-18-8-3-4-10-19(18)20/h2-4,7-11H,1,5-6,12-17H2,(H,24,27). The molecule has 3 rings (SSSR count). The van der Waals surface area contributed by atoms with Crippen LogP contribution < -0.4 is 5.32 Å². The molecule has 0 aliphatic carbocycles. The Labute approximate surface area is 171 Å². The van der Waals surface area contributed by atoms with E-state index in [1.165, 1.54) is 6.08 Å². The lowest BCUT2D eigenvalue weighted by molar-refractivity contribution is -0.132. The molecule has 3 amide bonds. The van der Waals surface area contributed by atoms with Crippen molar-refractivity contribution in [2.24, 2.45) is 0 Å². The maximum Gasteiger partial charge on any atom is 0.254 e. The first-order valence-corrected chi connectivity index (χ1v) is 10.0. The molecule has 0 radical (unpaired) electrons. The molecule has 0 saturated carbocycles. The lowest BCUT2D eigenvalue weighted by Gasteiger charge is -2.35. The molecule has 1 heterocycles. The first kappa shape index (κ1) is 20.6. The molecule has 2 aromatic rings. The Kier molecular flexibility index (Phi) is 7.00. The van der Waals surface area contributed by atoms with Crippen molar-refractivity contribution in [2.45, 2.75) is 19.3 Å². The lowest BCUT2D eigenvalue weighted by Crippen LogP contribution is -2.50. The summed E-state index contributed by atoms with van der Waals surface area (Å²) in [4.78, 5) is 40.1. The number of rotatable bonds is 7. The van der Waals surface area contributed by atoms with Crippen LogP contribution >= 0.6 is 0 Å². The molecular formula is C23H27N3O3. The first-order chi connectivity index (χ1) is 14.1. The normalized spacial score (nSPS) is 13.9. The fraction of sp³-hybridized carbons (Fsp3) is 0.348. The van der Waals surface area contributed by atoms with Crippen molar-refractivity contribution in [3.05, 3.63) is 60.7 Å². The summed E-state index contributed by atoms with van der Waals surface area (Å²) in [7, 11) is 0. The molecule has 0 spiro atoms. The number of amides is 3. The molecule has 1 N–H and O–H groups in total. The molecule has 1 aliphatic rings. The number of unbranched alkanes of at least 4 members (excludes halogenated alkanes) is 1. The Bertz CT molecular complexity index is 896. The van der Waals surface area contributed by atoms with Crippen molar-refractivity contribution in [3.8, 4) is 0 Å². The summed E-state index contributed by atoms with van der Waals surface area (Å²) in [5.41, 5.74) is 0.712. The van der Waals surface area contributed by atoms with Gasteiger partial charge in [-0.05, 0) is 35.8 Å². The summed E-state index contributed by atoms with van der Waals surface area (Å²) in [5, 5.41) is 4.72. The molecule has 0 unspecified atom stereocenters. The van der Waals surface area contributed by atoms with Crippen LogP contribution in [-0.4, -0.2) is 60.2 Å². The summed E-state index contributed by atoms with van der Waals surface area (Å²) in [5.74, 6) is -0.0625. The van der Waals surface area contributed by atoms with Gasteiger partial charge in [0.1, 0.15) is 0 Å². The molecule has 1 saturated heterocycles. The molecule has 0 bridgehead atoms. The third-order valence-electron chi connectivity index (χ3n) is 5.24. The Morgan fingerprint density at radius 3 is 2.38 bits per heavy atom. The van der Waals surface area contributed by atoms with Crippen molar-refractivity contribution in [2.75, 3.05) is 32.7 Å². The summed E-state index contributed by atoms with van der Waals surface area (Å²) >= 11 is 0. The third-order valence-corrected chi connectivity index (χ3v) is 5.24. The van der Waals surface area contributed by atoms with E-state index >= 15 is 0 Å². The number of fused-ring (bicyclic) bond motifs is 1. The van der Waals surface area contributed by atoms with Crippen LogP contribution in [0.15, 0.2) is 55.1 Å². The lowest BCUT2D eigenvalue weighted by atomic mass is 10.0. The second kappa shape index (κ2) is 9.87. The van der Waals surface area contributed by atoms with E-state index in [1.54, 1.807) is 0 Å². The Hall–Kier alpha value is -3.15. The quantitative estimate of drug-likeness (QED) is 0.581. The van der Waals surface area contributed by atoms with E-state index in [0.29, 0.717) is 44.7 Å². The van der Waals surface area contributed by atoms with Crippen LogP contribution in [0.5, 0.6) is 0 Å². The number of carbonyl (C=O) groups excluding carboxylic acids is 3. The molecule has 6 heteroatoms. The zero-order valence-electron chi connectivity index (χ0n) is 16.6. The second-order valence-electron chi connectivity index (χ2n) is 7.15. The van der Waals surface area contributed by atoms with Gasteiger partial charge in [0, 0.05) is 44.7 Å². The van der Waals surface area contributed by atoms with Crippen LogP contribution in [0, 0.1) is 0 Å². The highest BCUT2D eigenvalue weighted by Gasteiger charge is 2.25. The average Bonchev–Trinajstić information content (AvgIpc) is 2.77. The Morgan fingerprint density at radius 1 is 0.931 bits per heavy atom. The maximum atomic E-state index is 13.0. The van der Waals surface area contributed by atoms with Crippen molar-refractivity contribution in [1.82, 2.24) is 15.1 Å². The van der Waals surface area contributed by atoms with E-state index in [9.17, 15) is 14.4 Å². The fourth-order valence-electron chi connectivity index (χ4n) is 3.58. The van der Waals surface area contributed by atoms with Crippen LogP contribution in [0.4, 0.5) is 0 Å². The van der Waals surface area contributed by atoms with Crippen LogP contribution in [-0.2, 0) is 9.59 Å². The van der Waals surface area contributed by atoms with Gasteiger partial charge in [0.05, 0.1) is 0 Å². The maximum absolute atomic E-state index is 13.0. The average molecular weight is 393 g/mol. The Balaban J connectivity index is 1.47. The molecular weight excluding hydrogens is 366 g/mol. The van der Waals surface area contributed by atoms with Crippen LogP contribution in [0.1, 0.15) is 29.6 Å². The zero-order chi connectivity index (χ0) is 20.6. The molecule has 0 atom stereocenters. The number of hydrogen-bond donors (Lipinski definition) is 1. The van der Waals surface area contributed by atoms with Gasteiger partial charge in [0.15, 0.2) is 0 Å². The second-order valence-corrected chi connectivity index (χ2v) is 7.15. The highest BCUT2D eigenvalue weighted by Crippen LogP contribution is 2.20. The number of hydrogen-bond acceptors (Lipinski definition) is 3. The molecule has 1 fully saturated rings. The summed E-state index contributed by atoms with van der Waals surface area (Å²) in [6.45, 7) is 6.15. The van der Waals surface area contributed by atoms with Crippen LogP contribution in [0.2, 0.25) is 0 Å². The topological polar surface area (TPSA) is 69.7 Å². The van der Waals surface area contributed by atoms with Gasteiger partial charge in [-0.15, -0.1) is 0 Å². The van der Waals surface area contributed by atoms with Gasteiger partial charge < -0.3 is 15.1 Å². The van der Waals surface area contributed by atoms with Crippen molar-refractivity contribution in [3.63, 3.8) is 0 Å². The Morgan fingerprint density at radius 2 is 1.62 bits per heavy atom. The summed E-state index contributed by atoms with van der Waals surface area (Å²) in [6, 6.07) is 13.7. The highest BCUT2D eigenvalue weighted by molar-refractivity contribution is 6.07. The smallest absolute Gasteiger partial charge is 0.254 e. The molecule has 152 valence electrons. The SMILES string of the molecule is C=CC(=O)NCCCCC(=O)N1CCN(C(=O)c2cccc3ccccc23)CC1. The minimum Gasteiger partial charge on any atom is -0.353 e. The van der Waals surface area contributed by atoms with E-state index in [2.05, 4.69) is 11.9 Å². The van der Waals surface area contributed by atoms with E-state index in [0.717, 1.165) is 23.6 Å². The van der Waals surface area contributed by atoms with E-state index in [1.807, 2.05) is 52.3 Å². The predicted octanol–water partition coefficient (Wildman–Crippen LogP) is 2.60. The number of carbonyl (C=O) groups is 3. The summed E-state index contributed by atoms with van der Waals surface area (Å²) in [6.07, 6.45) is 3.18. The third kappa shape index (κ3) is 5.22. The molecule has 1 aliphatic heterocycles. The number of nitrogens with zero attached hydrogens (tertiary/aromatic N) is 2. The van der Waals surface area contributed by atoms with Gasteiger partial charge in [0.25, 0.3) is 5.91 Å². The van der Waals surface area contributed by atoms with E-state index < -0.39 is 0 Å². The summed E-state index contributed by atoms with van der Waals surface area (Å²) < 4.78 is 0. The highest BCUT2D eigenvalue weighted by atomic mass is 16.2. The first-order valence-electron chi connectivity index (χ1n) is 10.0. The molecule has 2 aromatic carbocycles.